The van der Waals surface area contributed by atoms with Gasteiger partial charge < -0.3 is 15.4 Å². The zero-order valence-electron chi connectivity index (χ0n) is 27.6. The molecule has 0 unspecified atom stereocenters. The van der Waals surface area contributed by atoms with E-state index in [2.05, 4.69) is 15.4 Å². The quantitative estimate of drug-likeness (QED) is 0.327. The van der Waals surface area contributed by atoms with Gasteiger partial charge in [0.2, 0.25) is 11.6 Å². The number of carbonyl (C=O) groups is 2. The summed E-state index contributed by atoms with van der Waals surface area (Å²) in [6, 6.07) is 10.0. The van der Waals surface area contributed by atoms with Crippen molar-refractivity contribution < 1.29 is 31.5 Å². The van der Waals surface area contributed by atoms with Crippen LogP contribution in [0.25, 0.3) is 11.1 Å². The van der Waals surface area contributed by atoms with Crippen molar-refractivity contribution >= 4 is 22.0 Å². The molecule has 3 N–H and O–H groups in total. The number of rotatable bonds is 10. The van der Waals surface area contributed by atoms with Gasteiger partial charge in [-0.1, -0.05) is 24.6 Å². The second kappa shape index (κ2) is 12.4. The average molecular weight is 673 g/mol. The van der Waals surface area contributed by atoms with Crippen LogP contribution in [-0.2, 0) is 25.2 Å². The number of amides is 2. The van der Waals surface area contributed by atoms with Crippen molar-refractivity contribution in [2.75, 3.05) is 20.6 Å². The van der Waals surface area contributed by atoms with Gasteiger partial charge >= 0.3 is 10.2 Å². The van der Waals surface area contributed by atoms with Crippen molar-refractivity contribution in [3.05, 3.63) is 53.3 Å². The molecule has 256 valence electrons. The molecule has 4 aliphatic rings. The molecule has 1 saturated heterocycles. The molecule has 2 aromatic carbocycles. The van der Waals surface area contributed by atoms with Crippen LogP contribution in [0.5, 0.6) is 5.75 Å². The third kappa shape index (κ3) is 6.53. The number of nitrogens with zero attached hydrogens (tertiary/aromatic N) is 1. The summed E-state index contributed by atoms with van der Waals surface area (Å²) in [5.74, 6) is -1.00. The van der Waals surface area contributed by atoms with E-state index in [-0.39, 0.29) is 42.4 Å². The summed E-state index contributed by atoms with van der Waals surface area (Å²) in [6.45, 7) is 3.31. The van der Waals surface area contributed by atoms with Crippen LogP contribution < -0.4 is 20.1 Å². The lowest BCUT2D eigenvalue weighted by Crippen LogP contribution is -2.49. The van der Waals surface area contributed by atoms with Gasteiger partial charge in [0.15, 0.2) is 0 Å². The van der Waals surface area contributed by atoms with E-state index in [0.29, 0.717) is 47.3 Å². The highest BCUT2D eigenvalue weighted by molar-refractivity contribution is 7.87. The Labute approximate surface area is 276 Å². The van der Waals surface area contributed by atoms with Gasteiger partial charge in [-0.2, -0.15) is 12.7 Å². The summed E-state index contributed by atoms with van der Waals surface area (Å²) in [7, 11) is -1.35. The van der Waals surface area contributed by atoms with Crippen LogP contribution in [0.15, 0.2) is 36.4 Å². The SMILES string of the molecule is CN(C)S(=O)(=O)NC(=O)C(C)(C)c1ccc(O[C@@H]2CC[C@@H](NC(=O)[C@@]3(F)CNC4(CCC4)C3)C2)c(-c2cccc(F)c2C2CCC2)c1. The van der Waals surface area contributed by atoms with E-state index in [0.717, 1.165) is 42.8 Å². The van der Waals surface area contributed by atoms with Gasteiger partial charge in [0, 0.05) is 50.6 Å². The summed E-state index contributed by atoms with van der Waals surface area (Å²) < 4.78 is 65.6. The molecule has 47 heavy (non-hydrogen) atoms. The largest absolute Gasteiger partial charge is 0.490 e. The molecular formula is C35H46F2N4O5S. The molecule has 9 nitrogen and oxygen atoms in total. The smallest absolute Gasteiger partial charge is 0.303 e. The van der Waals surface area contributed by atoms with Crippen LogP contribution in [0.2, 0.25) is 0 Å². The summed E-state index contributed by atoms with van der Waals surface area (Å²) in [6.07, 6.45) is 7.32. The van der Waals surface area contributed by atoms with Crippen molar-refractivity contribution in [2.24, 2.45) is 0 Å². The first-order chi connectivity index (χ1) is 22.1. The molecule has 2 amide bonds. The number of hydrogen-bond donors (Lipinski definition) is 3. The Hall–Kier alpha value is -3.09. The maximum atomic E-state index is 15.7. The zero-order chi connectivity index (χ0) is 33.8. The van der Waals surface area contributed by atoms with Crippen molar-refractivity contribution in [1.82, 2.24) is 19.7 Å². The summed E-state index contributed by atoms with van der Waals surface area (Å²) in [5, 5.41) is 6.19. The Balaban J connectivity index is 1.25. The number of ether oxygens (including phenoxy) is 1. The lowest BCUT2D eigenvalue weighted by molar-refractivity contribution is -0.133. The summed E-state index contributed by atoms with van der Waals surface area (Å²) in [4.78, 5) is 26.4. The lowest BCUT2D eigenvalue weighted by atomic mass is 9.74. The predicted molar refractivity (Wildman–Crippen MR) is 175 cm³/mol. The summed E-state index contributed by atoms with van der Waals surface area (Å²) >= 11 is 0. The van der Waals surface area contributed by atoms with Gasteiger partial charge in [0.05, 0.1) is 5.41 Å². The standard InChI is InChI=1S/C35H46F2N4O5S/c1-33(2,31(42)40-47(44,45)41(3)4)23-12-15-29(27(18-23)26-10-6-11-28(36)30(26)22-8-5-9-22)46-25-14-13-24(19-25)39-32(43)35(37)20-34(38-21-35)16-7-17-34/h6,10-12,15,18,22,24-25,38H,5,7-9,13-14,16-17,19-21H2,1-4H3,(H,39,43)(H,40,42)/t24-,25-,35+/m1/s1. The van der Waals surface area contributed by atoms with Crippen molar-refractivity contribution in [1.29, 1.82) is 0 Å². The lowest BCUT2D eigenvalue weighted by Gasteiger charge is -2.38. The molecule has 3 aliphatic carbocycles. The van der Waals surface area contributed by atoms with Gasteiger partial charge in [-0.25, -0.2) is 13.5 Å². The highest BCUT2D eigenvalue weighted by Crippen LogP contribution is 2.47. The molecular weight excluding hydrogens is 626 g/mol. The number of carbonyl (C=O) groups excluding carboxylic acids is 2. The van der Waals surface area contributed by atoms with Gasteiger partial charge in [-0.05, 0) is 99.6 Å². The molecule has 0 aromatic heterocycles. The van der Waals surface area contributed by atoms with Crippen LogP contribution in [0.1, 0.15) is 95.1 Å². The van der Waals surface area contributed by atoms with E-state index in [1.807, 2.05) is 6.07 Å². The fraction of sp³-hybridized carbons (Fsp3) is 0.600. The van der Waals surface area contributed by atoms with Crippen molar-refractivity contribution in [2.45, 2.75) is 113 Å². The van der Waals surface area contributed by atoms with Gasteiger partial charge in [-0.3, -0.25) is 9.59 Å². The monoisotopic (exact) mass is 672 g/mol. The Kier molecular flexibility index (Phi) is 8.93. The normalized spacial score (nSPS) is 25.8. The van der Waals surface area contributed by atoms with E-state index in [9.17, 15) is 18.0 Å². The zero-order valence-corrected chi connectivity index (χ0v) is 28.4. The number of halogens is 2. The molecule has 2 aromatic rings. The Morgan fingerprint density at radius 1 is 1.04 bits per heavy atom. The van der Waals surface area contributed by atoms with Gasteiger partial charge in [0.25, 0.3) is 5.91 Å². The molecule has 0 bridgehead atoms. The number of nitrogens with one attached hydrogen (secondary N) is 3. The number of hydrogen-bond acceptors (Lipinski definition) is 6. The molecule has 1 aliphatic heterocycles. The fourth-order valence-electron chi connectivity index (χ4n) is 7.36. The third-order valence-corrected chi connectivity index (χ3v) is 12.3. The number of benzene rings is 2. The highest BCUT2D eigenvalue weighted by Gasteiger charge is 2.55. The van der Waals surface area contributed by atoms with Gasteiger partial charge in [0.1, 0.15) is 17.7 Å². The highest BCUT2D eigenvalue weighted by atomic mass is 32.2. The maximum Gasteiger partial charge on any atom is 0.303 e. The van der Waals surface area contributed by atoms with Crippen molar-refractivity contribution in [3.63, 3.8) is 0 Å². The topological polar surface area (TPSA) is 117 Å². The van der Waals surface area contributed by atoms with Gasteiger partial charge in [-0.15, -0.1) is 0 Å². The molecule has 0 radical (unpaired) electrons. The predicted octanol–water partition coefficient (Wildman–Crippen LogP) is 5.00. The first-order valence-electron chi connectivity index (χ1n) is 16.7. The molecule has 4 fully saturated rings. The second-order valence-electron chi connectivity index (χ2n) is 14.7. The minimum absolute atomic E-state index is 0.0353. The van der Waals surface area contributed by atoms with Crippen LogP contribution in [-0.4, -0.2) is 68.5 Å². The van der Waals surface area contributed by atoms with Crippen molar-refractivity contribution in [3.8, 4) is 16.9 Å². The van der Waals surface area contributed by atoms with Crippen LogP contribution in [0.3, 0.4) is 0 Å². The molecule has 12 heteroatoms. The molecule has 3 saturated carbocycles. The van der Waals surface area contributed by atoms with E-state index in [4.69, 9.17) is 4.74 Å². The first-order valence-corrected chi connectivity index (χ1v) is 18.2. The maximum absolute atomic E-state index is 15.7. The van der Waals surface area contributed by atoms with E-state index >= 15 is 8.78 Å². The molecule has 1 heterocycles. The molecule has 6 rings (SSSR count). The van der Waals surface area contributed by atoms with Crippen LogP contribution in [0.4, 0.5) is 8.78 Å². The third-order valence-electron chi connectivity index (χ3n) is 10.9. The number of alkyl halides is 1. The van der Waals surface area contributed by atoms with Crippen LogP contribution >= 0.6 is 0 Å². The van der Waals surface area contributed by atoms with Crippen LogP contribution in [0, 0.1) is 5.82 Å². The second-order valence-corrected chi connectivity index (χ2v) is 16.6. The van der Waals surface area contributed by atoms with E-state index in [1.165, 1.54) is 20.2 Å². The first kappa shape index (κ1) is 33.8. The minimum atomic E-state index is -4.02. The average Bonchev–Trinajstić information content (AvgIpc) is 3.57. The minimum Gasteiger partial charge on any atom is -0.490 e. The molecule has 1 spiro atoms. The Bertz CT molecular complexity index is 1660. The molecule has 3 atom stereocenters. The van der Waals surface area contributed by atoms with E-state index < -0.39 is 33.1 Å². The van der Waals surface area contributed by atoms with E-state index in [1.54, 1.807) is 38.1 Å². The Morgan fingerprint density at radius 2 is 1.79 bits per heavy atom. The summed E-state index contributed by atoms with van der Waals surface area (Å²) in [5.41, 5.74) is -0.989. The Morgan fingerprint density at radius 3 is 2.40 bits per heavy atom. The fourth-order valence-corrected chi connectivity index (χ4v) is 8.03.